The lowest BCUT2D eigenvalue weighted by Crippen LogP contribution is -2.38. The summed E-state index contributed by atoms with van der Waals surface area (Å²) < 4.78 is 25.6. The molecule has 2 saturated heterocycles. The predicted octanol–water partition coefficient (Wildman–Crippen LogP) is 1.97. The summed E-state index contributed by atoms with van der Waals surface area (Å²) in [5, 5.41) is 0. The standard InChI is InChI=1S/C20H26N2O5S/c1-13-9-16(14(2)22(13)15-5-8-28(26,27)12-15)17(23)11-21-18(24)10-20(19(21)25)6-3-4-7-20/h9,15H,3-8,10-12H2,1-2H3/t15-/m0/s1. The molecule has 1 atom stereocenters. The van der Waals surface area contributed by atoms with Crippen molar-refractivity contribution in [1.29, 1.82) is 0 Å². The third kappa shape index (κ3) is 3.02. The molecule has 8 heteroatoms. The molecule has 7 nitrogen and oxygen atoms in total. The van der Waals surface area contributed by atoms with Crippen molar-refractivity contribution in [1.82, 2.24) is 9.47 Å². The number of rotatable bonds is 4. The van der Waals surface area contributed by atoms with E-state index in [0.717, 1.165) is 36.3 Å². The maximum atomic E-state index is 12.9. The van der Waals surface area contributed by atoms with Crippen LogP contribution in [-0.4, -0.2) is 53.5 Å². The molecule has 1 saturated carbocycles. The van der Waals surface area contributed by atoms with Crippen molar-refractivity contribution in [3.63, 3.8) is 0 Å². The fraction of sp³-hybridized carbons (Fsp3) is 0.650. The number of carbonyl (C=O) groups excluding carboxylic acids is 3. The monoisotopic (exact) mass is 406 g/mol. The van der Waals surface area contributed by atoms with Crippen LogP contribution >= 0.6 is 0 Å². The van der Waals surface area contributed by atoms with Gasteiger partial charge in [0, 0.05) is 29.4 Å². The van der Waals surface area contributed by atoms with Gasteiger partial charge in [0.05, 0.1) is 23.5 Å². The van der Waals surface area contributed by atoms with E-state index in [1.807, 2.05) is 11.5 Å². The number of Topliss-reactive ketones (excluding diaryl/α,β-unsaturated/α-hetero) is 1. The molecule has 152 valence electrons. The summed E-state index contributed by atoms with van der Waals surface area (Å²) >= 11 is 0. The summed E-state index contributed by atoms with van der Waals surface area (Å²) in [5.74, 6) is -0.466. The topological polar surface area (TPSA) is 93.5 Å². The fourth-order valence-corrected chi connectivity index (χ4v) is 6.99. The minimum atomic E-state index is -3.04. The van der Waals surface area contributed by atoms with Crippen molar-refractivity contribution >= 4 is 27.4 Å². The van der Waals surface area contributed by atoms with Crippen LogP contribution in [0.25, 0.3) is 0 Å². The molecule has 3 heterocycles. The molecule has 0 N–H and O–H groups in total. The molecule has 0 aromatic carbocycles. The van der Waals surface area contributed by atoms with Crippen molar-refractivity contribution < 1.29 is 22.8 Å². The SMILES string of the molecule is Cc1cc(C(=O)CN2C(=O)CC3(CCCC3)C2=O)c(C)n1[C@H]1CCS(=O)(=O)C1. The molecule has 0 unspecified atom stereocenters. The number of imide groups is 1. The first-order valence-corrected chi connectivity index (χ1v) is 11.7. The van der Waals surface area contributed by atoms with E-state index in [1.54, 1.807) is 13.0 Å². The van der Waals surface area contributed by atoms with Gasteiger partial charge in [-0.3, -0.25) is 19.3 Å². The van der Waals surface area contributed by atoms with E-state index in [1.165, 1.54) is 0 Å². The van der Waals surface area contributed by atoms with Gasteiger partial charge in [-0.15, -0.1) is 0 Å². The van der Waals surface area contributed by atoms with E-state index in [0.29, 0.717) is 17.7 Å². The van der Waals surface area contributed by atoms with Gasteiger partial charge in [0.15, 0.2) is 15.6 Å². The first-order valence-electron chi connectivity index (χ1n) is 9.90. The number of ketones is 1. The number of aromatic nitrogens is 1. The lowest BCUT2D eigenvalue weighted by atomic mass is 9.84. The minimum Gasteiger partial charge on any atom is -0.344 e. The molecule has 0 bridgehead atoms. The Morgan fingerprint density at radius 2 is 1.89 bits per heavy atom. The molecule has 0 radical (unpaired) electrons. The lowest BCUT2D eigenvalue weighted by molar-refractivity contribution is -0.140. The fourth-order valence-electron chi connectivity index (χ4n) is 5.29. The van der Waals surface area contributed by atoms with Gasteiger partial charge in [0.25, 0.3) is 0 Å². The smallest absolute Gasteiger partial charge is 0.236 e. The predicted molar refractivity (Wildman–Crippen MR) is 103 cm³/mol. The second kappa shape index (κ2) is 6.54. The Labute approximate surface area is 165 Å². The molecule has 1 spiro atoms. The van der Waals surface area contributed by atoms with E-state index < -0.39 is 15.3 Å². The van der Waals surface area contributed by atoms with Crippen LogP contribution in [0, 0.1) is 19.3 Å². The van der Waals surface area contributed by atoms with Crippen LogP contribution in [0.4, 0.5) is 0 Å². The number of sulfone groups is 1. The number of nitrogens with zero attached hydrogens (tertiary/aromatic N) is 2. The van der Waals surface area contributed by atoms with E-state index >= 15 is 0 Å². The minimum absolute atomic E-state index is 0.0859. The van der Waals surface area contributed by atoms with Crippen molar-refractivity contribution in [3.05, 3.63) is 23.0 Å². The van der Waals surface area contributed by atoms with E-state index in [9.17, 15) is 22.8 Å². The van der Waals surface area contributed by atoms with Crippen molar-refractivity contribution in [2.24, 2.45) is 5.41 Å². The summed E-state index contributed by atoms with van der Waals surface area (Å²) in [4.78, 5) is 39.3. The third-order valence-electron chi connectivity index (χ3n) is 6.71. The largest absolute Gasteiger partial charge is 0.344 e. The van der Waals surface area contributed by atoms with Gasteiger partial charge in [-0.05, 0) is 39.2 Å². The molecule has 1 aliphatic carbocycles. The highest BCUT2D eigenvalue weighted by molar-refractivity contribution is 7.91. The van der Waals surface area contributed by atoms with Crippen LogP contribution in [0.2, 0.25) is 0 Å². The van der Waals surface area contributed by atoms with Gasteiger partial charge in [-0.25, -0.2) is 8.42 Å². The van der Waals surface area contributed by atoms with Gasteiger partial charge in [0.1, 0.15) is 0 Å². The number of carbonyl (C=O) groups is 3. The van der Waals surface area contributed by atoms with E-state index in [4.69, 9.17) is 0 Å². The second-order valence-electron chi connectivity index (χ2n) is 8.58. The Bertz CT molecular complexity index is 969. The zero-order valence-electron chi connectivity index (χ0n) is 16.4. The third-order valence-corrected chi connectivity index (χ3v) is 8.46. The van der Waals surface area contributed by atoms with Gasteiger partial charge in [-0.2, -0.15) is 0 Å². The number of aryl methyl sites for hydroxylation is 1. The Hall–Kier alpha value is -1.96. The van der Waals surface area contributed by atoms with Crippen LogP contribution in [0.3, 0.4) is 0 Å². The van der Waals surface area contributed by atoms with E-state index in [-0.39, 0.29) is 48.1 Å². The summed E-state index contributed by atoms with van der Waals surface area (Å²) in [6.45, 7) is 3.43. The van der Waals surface area contributed by atoms with Crippen LogP contribution in [0.5, 0.6) is 0 Å². The highest BCUT2D eigenvalue weighted by Gasteiger charge is 2.52. The number of hydrogen-bond donors (Lipinski definition) is 0. The first-order chi connectivity index (χ1) is 13.1. The average molecular weight is 407 g/mol. The second-order valence-corrected chi connectivity index (χ2v) is 10.8. The first kappa shape index (κ1) is 19.4. The molecular weight excluding hydrogens is 380 g/mol. The summed E-state index contributed by atoms with van der Waals surface area (Å²) in [6, 6.07) is 1.59. The van der Waals surface area contributed by atoms with E-state index in [2.05, 4.69) is 0 Å². The summed E-state index contributed by atoms with van der Waals surface area (Å²) in [6.07, 6.45) is 4.12. The number of likely N-dealkylation sites (tertiary alicyclic amines) is 1. The Balaban J connectivity index is 1.55. The van der Waals surface area contributed by atoms with Crippen molar-refractivity contribution in [2.45, 2.75) is 58.4 Å². The van der Waals surface area contributed by atoms with Crippen LogP contribution in [0.1, 0.15) is 66.3 Å². The summed E-state index contributed by atoms with van der Waals surface area (Å²) in [5.41, 5.74) is 1.43. The number of hydrogen-bond acceptors (Lipinski definition) is 5. The molecule has 3 aliphatic rings. The molecule has 28 heavy (non-hydrogen) atoms. The average Bonchev–Trinajstić information content (AvgIpc) is 3.34. The van der Waals surface area contributed by atoms with Crippen LogP contribution in [-0.2, 0) is 19.4 Å². The maximum Gasteiger partial charge on any atom is 0.236 e. The molecule has 2 amide bonds. The zero-order valence-corrected chi connectivity index (χ0v) is 17.2. The quantitative estimate of drug-likeness (QED) is 0.563. The highest BCUT2D eigenvalue weighted by atomic mass is 32.2. The zero-order chi connectivity index (χ0) is 20.3. The van der Waals surface area contributed by atoms with Gasteiger partial charge in [0.2, 0.25) is 11.8 Å². The maximum absolute atomic E-state index is 12.9. The highest BCUT2D eigenvalue weighted by Crippen LogP contribution is 2.46. The molecule has 3 fully saturated rings. The Kier molecular flexibility index (Phi) is 4.52. The van der Waals surface area contributed by atoms with Crippen LogP contribution < -0.4 is 0 Å². The summed E-state index contributed by atoms with van der Waals surface area (Å²) in [7, 11) is -3.04. The molecule has 4 rings (SSSR count). The molecular formula is C20H26N2O5S. The molecule has 1 aromatic rings. The number of amides is 2. The normalized spacial score (nSPS) is 25.9. The van der Waals surface area contributed by atoms with Crippen LogP contribution in [0.15, 0.2) is 6.07 Å². The van der Waals surface area contributed by atoms with Gasteiger partial charge in [-0.1, -0.05) is 12.8 Å². The molecule has 1 aromatic heterocycles. The lowest BCUT2D eigenvalue weighted by Gasteiger charge is -2.20. The van der Waals surface area contributed by atoms with Gasteiger partial charge >= 0.3 is 0 Å². The molecule has 2 aliphatic heterocycles. The van der Waals surface area contributed by atoms with Crippen molar-refractivity contribution in [3.8, 4) is 0 Å². The van der Waals surface area contributed by atoms with Crippen molar-refractivity contribution in [2.75, 3.05) is 18.1 Å². The Morgan fingerprint density at radius 1 is 1.21 bits per heavy atom. The Morgan fingerprint density at radius 3 is 2.50 bits per heavy atom. The van der Waals surface area contributed by atoms with Gasteiger partial charge < -0.3 is 4.57 Å².